The van der Waals surface area contributed by atoms with Crippen molar-refractivity contribution in [3.05, 3.63) is 11.6 Å². The maximum Gasteiger partial charge on any atom is 0.307 e. The molecule has 0 aliphatic heterocycles. The summed E-state index contributed by atoms with van der Waals surface area (Å²) in [6.45, 7) is 12.9. The van der Waals surface area contributed by atoms with E-state index in [9.17, 15) is 4.79 Å². The van der Waals surface area contributed by atoms with Gasteiger partial charge in [-0.25, -0.2) is 0 Å². The molecule has 0 radical (unpaired) electrons. The largest absolute Gasteiger partial charge is 0.462 e. The zero-order valence-electron chi connectivity index (χ0n) is 22.6. The molecule has 3 nitrogen and oxygen atoms in total. The molecule has 4 heteroatoms. The van der Waals surface area contributed by atoms with Gasteiger partial charge in [0.25, 0.3) is 0 Å². The molecule has 0 amide bonds. The zero-order valence-corrected chi connectivity index (χ0v) is 23.4. The van der Waals surface area contributed by atoms with E-state index in [2.05, 4.69) is 40.7 Å². The van der Waals surface area contributed by atoms with Gasteiger partial charge in [-0.2, -0.15) is 0 Å². The molecule has 4 aliphatic carbocycles. The van der Waals surface area contributed by atoms with Crippen molar-refractivity contribution >= 4 is 18.4 Å². The van der Waals surface area contributed by atoms with Crippen LogP contribution in [0.4, 0.5) is 0 Å². The van der Waals surface area contributed by atoms with Gasteiger partial charge in [-0.05, 0) is 91.3 Å². The van der Waals surface area contributed by atoms with Gasteiger partial charge in [0.05, 0.1) is 6.42 Å². The van der Waals surface area contributed by atoms with Gasteiger partial charge in [0.1, 0.15) is 6.10 Å². The van der Waals surface area contributed by atoms with Crippen molar-refractivity contribution < 1.29 is 9.53 Å². The van der Waals surface area contributed by atoms with Crippen molar-refractivity contribution in [3.8, 4) is 0 Å². The summed E-state index contributed by atoms with van der Waals surface area (Å²) in [4.78, 5) is 12.0. The summed E-state index contributed by atoms with van der Waals surface area (Å²) in [6.07, 6.45) is 17.4. The average molecular weight is 494 g/mol. The fraction of sp³-hybridized carbons (Fsp3) is 0.900. The summed E-state index contributed by atoms with van der Waals surface area (Å²) < 4.78 is 5.77. The summed E-state index contributed by atoms with van der Waals surface area (Å²) in [7, 11) is 0. The van der Waals surface area contributed by atoms with Crippen molar-refractivity contribution in [2.24, 2.45) is 52.1 Å². The minimum atomic E-state index is -0.117. The van der Waals surface area contributed by atoms with Crippen LogP contribution in [0, 0.1) is 46.3 Å². The van der Waals surface area contributed by atoms with E-state index in [4.69, 9.17) is 10.5 Å². The highest BCUT2D eigenvalue weighted by molar-refractivity contribution is 5.85. The SMILES string of the molecule is CC(C)CCC[C@@H](C)[C@H]1CC[C@H]2[C@@H]3CC=C4CC(OC(=O)CCN)CC[C@]4(C)[C@H]3CC[C@]12C.Cl. The number of rotatable bonds is 8. The van der Waals surface area contributed by atoms with Crippen LogP contribution in [-0.2, 0) is 9.53 Å². The minimum absolute atomic E-state index is 0. The summed E-state index contributed by atoms with van der Waals surface area (Å²) in [5, 5.41) is 0. The lowest BCUT2D eigenvalue weighted by atomic mass is 9.47. The highest BCUT2D eigenvalue weighted by atomic mass is 35.5. The maximum absolute atomic E-state index is 12.0. The van der Waals surface area contributed by atoms with Gasteiger partial charge in [0.2, 0.25) is 0 Å². The van der Waals surface area contributed by atoms with Crippen molar-refractivity contribution in [3.63, 3.8) is 0 Å². The summed E-state index contributed by atoms with van der Waals surface area (Å²) in [5.74, 6) is 5.11. The monoisotopic (exact) mass is 493 g/mol. The molecule has 196 valence electrons. The van der Waals surface area contributed by atoms with E-state index >= 15 is 0 Å². The second-order valence-electron chi connectivity index (χ2n) is 13.2. The Balaban J connectivity index is 0.00000324. The Hall–Kier alpha value is -0.540. The van der Waals surface area contributed by atoms with Crippen LogP contribution < -0.4 is 5.73 Å². The van der Waals surface area contributed by atoms with Gasteiger partial charge in [-0.1, -0.05) is 65.5 Å². The lowest BCUT2D eigenvalue weighted by Crippen LogP contribution is -2.51. The Bertz CT molecular complexity index is 735. The van der Waals surface area contributed by atoms with E-state index in [1.54, 1.807) is 5.57 Å². The van der Waals surface area contributed by atoms with Crippen LogP contribution in [0.5, 0.6) is 0 Å². The molecule has 3 fully saturated rings. The number of hydrogen-bond donors (Lipinski definition) is 1. The second-order valence-corrected chi connectivity index (χ2v) is 13.2. The molecule has 8 atom stereocenters. The number of carbonyl (C=O) groups excluding carboxylic acids is 1. The van der Waals surface area contributed by atoms with Gasteiger partial charge in [0, 0.05) is 13.0 Å². The molecule has 0 aromatic heterocycles. The Morgan fingerprint density at radius 2 is 1.85 bits per heavy atom. The van der Waals surface area contributed by atoms with Gasteiger partial charge < -0.3 is 10.5 Å². The van der Waals surface area contributed by atoms with Crippen LogP contribution in [0.2, 0.25) is 0 Å². The van der Waals surface area contributed by atoms with E-state index in [1.165, 1.54) is 57.8 Å². The number of ether oxygens (including phenoxy) is 1. The molecule has 0 aromatic rings. The minimum Gasteiger partial charge on any atom is -0.462 e. The molecule has 0 bridgehead atoms. The molecule has 2 N–H and O–H groups in total. The molecule has 1 unspecified atom stereocenters. The lowest BCUT2D eigenvalue weighted by molar-refractivity contribution is -0.151. The predicted molar refractivity (Wildman–Crippen MR) is 144 cm³/mol. The molecular weight excluding hydrogens is 442 g/mol. The summed E-state index contributed by atoms with van der Waals surface area (Å²) in [6, 6.07) is 0. The molecular formula is C30H52ClNO2. The second kappa shape index (κ2) is 11.2. The third kappa shape index (κ3) is 5.26. The first-order valence-electron chi connectivity index (χ1n) is 14.3. The third-order valence-corrected chi connectivity index (χ3v) is 10.9. The molecule has 4 aliphatic rings. The number of halogens is 1. The van der Waals surface area contributed by atoms with Gasteiger partial charge in [0.15, 0.2) is 0 Å². The predicted octanol–water partition coefficient (Wildman–Crippen LogP) is 7.71. The smallest absolute Gasteiger partial charge is 0.307 e. The van der Waals surface area contributed by atoms with Crippen LogP contribution in [0.1, 0.15) is 112 Å². The van der Waals surface area contributed by atoms with Crippen LogP contribution >= 0.6 is 12.4 Å². The van der Waals surface area contributed by atoms with Crippen molar-refractivity contribution in [2.45, 2.75) is 118 Å². The van der Waals surface area contributed by atoms with Crippen LogP contribution in [0.3, 0.4) is 0 Å². The Labute approximate surface area is 215 Å². The lowest BCUT2D eigenvalue weighted by Gasteiger charge is -2.58. The van der Waals surface area contributed by atoms with Crippen molar-refractivity contribution in [1.29, 1.82) is 0 Å². The normalized spacial score (nSPS) is 39.9. The molecule has 3 saturated carbocycles. The first-order chi connectivity index (χ1) is 15.7. The Morgan fingerprint density at radius 3 is 2.56 bits per heavy atom. The Morgan fingerprint density at radius 1 is 1.09 bits per heavy atom. The number of nitrogens with two attached hydrogens (primary N) is 1. The van der Waals surface area contributed by atoms with E-state index in [1.807, 2.05) is 0 Å². The fourth-order valence-corrected chi connectivity index (χ4v) is 9.12. The fourth-order valence-electron chi connectivity index (χ4n) is 9.12. The van der Waals surface area contributed by atoms with E-state index in [0.717, 1.165) is 48.3 Å². The van der Waals surface area contributed by atoms with Crippen LogP contribution in [0.25, 0.3) is 0 Å². The highest BCUT2D eigenvalue weighted by Crippen LogP contribution is 2.67. The van der Waals surface area contributed by atoms with Gasteiger partial charge in [-0.3, -0.25) is 4.79 Å². The highest BCUT2D eigenvalue weighted by Gasteiger charge is 2.59. The number of allylic oxidation sites excluding steroid dienone is 1. The number of carbonyl (C=O) groups is 1. The average Bonchev–Trinajstić information content (AvgIpc) is 3.11. The first kappa shape index (κ1) is 28.0. The number of fused-ring (bicyclic) bond motifs is 5. The zero-order chi connectivity index (χ0) is 23.8. The van der Waals surface area contributed by atoms with Gasteiger partial charge in [-0.15, -0.1) is 12.4 Å². The van der Waals surface area contributed by atoms with Crippen molar-refractivity contribution in [2.75, 3.05) is 6.54 Å². The van der Waals surface area contributed by atoms with Crippen molar-refractivity contribution in [1.82, 2.24) is 0 Å². The van der Waals surface area contributed by atoms with Gasteiger partial charge >= 0.3 is 5.97 Å². The molecule has 0 spiro atoms. The molecule has 0 heterocycles. The van der Waals surface area contributed by atoms with Crippen LogP contribution in [-0.4, -0.2) is 18.6 Å². The third-order valence-electron chi connectivity index (χ3n) is 10.9. The van der Waals surface area contributed by atoms with Crippen LogP contribution in [0.15, 0.2) is 11.6 Å². The molecule has 0 saturated heterocycles. The quantitative estimate of drug-likeness (QED) is 0.278. The number of hydrogen-bond acceptors (Lipinski definition) is 3. The molecule has 0 aromatic carbocycles. The summed E-state index contributed by atoms with van der Waals surface area (Å²) >= 11 is 0. The number of esters is 1. The Kier molecular flexibility index (Phi) is 9.27. The molecule has 34 heavy (non-hydrogen) atoms. The van der Waals surface area contributed by atoms with E-state index in [0.29, 0.717) is 23.8 Å². The standard InChI is InChI=1S/C30H51NO2.ClH/c1-20(2)7-6-8-21(3)25-11-12-26-24-10-9-22-19-23(33-28(32)15-18-31)13-16-29(22,4)27(24)14-17-30(25,26)5;/h9,20-21,23-27H,6-8,10-19,31H2,1-5H3;1H/t21-,23?,24+,25-,26+,27+,29+,30-;/m1./s1. The first-order valence-corrected chi connectivity index (χ1v) is 14.3. The molecule has 4 rings (SSSR count). The topological polar surface area (TPSA) is 52.3 Å². The van der Waals surface area contributed by atoms with E-state index < -0.39 is 0 Å². The summed E-state index contributed by atoms with van der Waals surface area (Å²) in [5.41, 5.74) is 8.01. The van der Waals surface area contributed by atoms with E-state index in [-0.39, 0.29) is 24.5 Å². The maximum atomic E-state index is 12.0.